The first-order valence-corrected chi connectivity index (χ1v) is 16.7. The minimum Gasteiger partial charge on any atom is -0.322 e. The van der Waals surface area contributed by atoms with Gasteiger partial charge in [0.15, 0.2) is 0 Å². The Bertz CT molecular complexity index is 1040. The van der Waals surface area contributed by atoms with Crippen molar-refractivity contribution in [2.24, 2.45) is 23.2 Å². The molecule has 214 valence electrons. The van der Waals surface area contributed by atoms with E-state index in [1.54, 1.807) is 4.90 Å². The average Bonchev–Trinajstić information content (AvgIpc) is 3.21. The van der Waals surface area contributed by atoms with Gasteiger partial charge in [0.25, 0.3) is 5.91 Å². The Morgan fingerprint density at radius 2 is 1.64 bits per heavy atom. The third-order valence-corrected chi connectivity index (χ3v) is 11.1. The highest BCUT2D eigenvalue weighted by Gasteiger charge is 2.41. The molecule has 0 radical (unpaired) electrons. The van der Waals surface area contributed by atoms with Gasteiger partial charge in [0.05, 0.1) is 0 Å². The zero-order valence-electron chi connectivity index (χ0n) is 24.1. The van der Waals surface area contributed by atoms with Crippen LogP contribution in [0.25, 0.3) is 0 Å². The molecule has 2 saturated carbocycles. The Morgan fingerprint density at radius 3 is 2.36 bits per heavy atom. The van der Waals surface area contributed by atoms with E-state index in [-0.39, 0.29) is 24.1 Å². The Morgan fingerprint density at radius 1 is 0.949 bits per heavy atom. The number of nitrogens with zero attached hydrogens (tertiary/aromatic N) is 1. The predicted octanol–water partition coefficient (Wildman–Crippen LogP) is 7.51. The van der Waals surface area contributed by atoms with E-state index in [0.717, 1.165) is 34.0 Å². The highest BCUT2D eigenvalue weighted by atomic mass is 32.2. The number of fused-ring (bicyclic) bond motifs is 3. The topological polar surface area (TPSA) is 66.5 Å². The molecule has 1 aromatic rings. The first-order chi connectivity index (χ1) is 18.8. The van der Waals surface area contributed by atoms with E-state index in [9.17, 15) is 14.4 Å². The van der Waals surface area contributed by atoms with Crippen LogP contribution >= 0.6 is 11.8 Å². The normalized spacial score (nSPS) is 30.4. The monoisotopic (exact) mass is 552 g/mol. The summed E-state index contributed by atoms with van der Waals surface area (Å²) in [5.41, 5.74) is 2.37. The Balaban J connectivity index is 0.959. The first-order valence-electron chi connectivity index (χ1n) is 15.7. The molecule has 5 nitrogen and oxygen atoms in total. The molecule has 3 atom stereocenters. The number of amides is 3. The van der Waals surface area contributed by atoms with Gasteiger partial charge in [0.1, 0.15) is 6.04 Å². The van der Waals surface area contributed by atoms with Crippen LogP contribution in [0.15, 0.2) is 23.1 Å². The molecule has 1 N–H and O–H groups in total. The smallest absolute Gasteiger partial charge is 0.255 e. The van der Waals surface area contributed by atoms with Crippen LogP contribution < -0.4 is 5.32 Å². The number of hydrogen-bond acceptors (Lipinski definition) is 4. The molecule has 3 unspecified atom stereocenters. The highest BCUT2D eigenvalue weighted by Crippen LogP contribution is 2.52. The third-order valence-electron chi connectivity index (χ3n) is 9.92. The molecule has 5 rings (SSSR count). The summed E-state index contributed by atoms with van der Waals surface area (Å²) < 4.78 is 0. The Hall–Kier alpha value is -1.82. The molecule has 2 aliphatic heterocycles. The lowest BCUT2D eigenvalue weighted by Gasteiger charge is -2.47. The zero-order chi connectivity index (χ0) is 27.4. The van der Waals surface area contributed by atoms with Crippen LogP contribution in [-0.2, 0) is 16.1 Å². The molecule has 2 bridgehead atoms. The fourth-order valence-corrected chi connectivity index (χ4v) is 9.42. The molecular weight excluding hydrogens is 504 g/mol. The van der Waals surface area contributed by atoms with Gasteiger partial charge in [-0.1, -0.05) is 58.4 Å². The molecule has 3 fully saturated rings. The van der Waals surface area contributed by atoms with E-state index in [4.69, 9.17) is 0 Å². The van der Waals surface area contributed by atoms with Gasteiger partial charge in [-0.05, 0) is 98.0 Å². The molecule has 0 spiro atoms. The molecule has 39 heavy (non-hydrogen) atoms. The van der Waals surface area contributed by atoms with E-state index in [0.29, 0.717) is 23.9 Å². The maximum absolute atomic E-state index is 13.0. The fourth-order valence-electron chi connectivity index (χ4n) is 8.33. The van der Waals surface area contributed by atoms with Crippen LogP contribution in [0.4, 0.5) is 0 Å². The first kappa shape index (κ1) is 28.7. The standard InChI is InChI=1S/C33H48N2O3S/c1-23-17-24-19-25(18-23)21-33(2,20-24)15-8-6-4-3-5-7-9-16-39-29-12-10-11-26-27(29)22-35(32(26)38)28-13-14-30(36)34-31(28)37/h10-12,23-25,28H,3-9,13-22H2,1-2H3,(H,34,36,37). The largest absolute Gasteiger partial charge is 0.322 e. The minimum atomic E-state index is -0.547. The average molecular weight is 553 g/mol. The van der Waals surface area contributed by atoms with Gasteiger partial charge in [-0.25, -0.2) is 0 Å². The van der Waals surface area contributed by atoms with Crippen molar-refractivity contribution in [3.05, 3.63) is 29.3 Å². The Kier molecular flexibility index (Phi) is 9.41. The molecule has 3 amide bonds. The van der Waals surface area contributed by atoms with Crippen LogP contribution in [0, 0.1) is 23.2 Å². The third kappa shape index (κ3) is 7.10. The fraction of sp³-hybridized carbons (Fsp3) is 0.727. The second-order valence-electron chi connectivity index (χ2n) is 13.5. The number of piperidine rings is 1. The summed E-state index contributed by atoms with van der Waals surface area (Å²) in [5.74, 6) is 3.36. The van der Waals surface area contributed by atoms with Crippen molar-refractivity contribution in [3.8, 4) is 0 Å². The maximum atomic E-state index is 13.0. The number of nitrogens with one attached hydrogen (secondary N) is 1. The summed E-state index contributed by atoms with van der Waals surface area (Å²) in [7, 11) is 0. The lowest BCUT2D eigenvalue weighted by Crippen LogP contribution is -2.52. The number of thioether (sulfide) groups is 1. The molecule has 2 heterocycles. The summed E-state index contributed by atoms with van der Waals surface area (Å²) in [6.07, 6.45) is 18.9. The van der Waals surface area contributed by atoms with E-state index in [2.05, 4.69) is 25.2 Å². The number of benzene rings is 1. The summed E-state index contributed by atoms with van der Waals surface area (Å²) in [5, 5.41) is 2.39. The number of rotatable bonds is 12. The van der Waals surface area contributed by atoms with E-state index < -0.39 is 6.04 Å². The van der Waals surface area contributed by atoms with Crippen molar-refractivity contribution in [1.82, 2.24) is 10.2 Å². The second-order valence-corrected chi connectivity index (χ2v) is 14.7. The van der Waals surface area contributed by atoms with E-state index in [1.807, 2.05) is 23.9 Å². The molecule has 1 saturated heterocycles. The van der Waals surface area contributed by atoms with E-state index >= 15 is 0 Å². The van der Waals surface area contributed by atoms with Gasteiger partial charge >= 0.3 is 0 Å². The number of hydrogen-bond donors (Lipinski definition) is 1. The van der Waals surface area contributed by atoms with Crippen molar-refractivity contribution >= 4 is 29.5 Å². The van der Waals surface area contributed by atoms with Gasteiger partial charge in [-0.3, -0.25) is 19.7 Å². The molecular formula is C33H48N2O3S. The maximum Gasteiger partial charge on any atom is 0.255 e. The van der Waals surface area contributed by atoms with E-state index in [1.165, 1.54) is 83.5 Å². The molecule has 2 aliphatic carbocycles. The van der Waals surface area contributed by atoms with Crippen LogP contribution in [-0.4, -0.2) is 34.4 Å². The van der Waals surface area contributed by atoms with Gasteiger partial charge in [0.2, 0.25) is 11.8 Å². The molecule has 4 aliphatic rings. The van der Waals surface area contributed by atoms with Crippen molar-refractivity contribution in [1.29, 1.82) is 0 Å². The number of carbonyl (C=O) groups is 3. The molecule has 1 aromatic carbocycles. The Labute approximate surface area is 239 Å². The van der Waals surface area contributed by atoms with Crippen LogP contribution in [0.5, 0.6) is 0 Å². The predicted molar refractivity (Wildman–Crippen MR) is 157 cm³/mol. The van der Waals surface area contributed by atoms with Crippen molar-refractivity contribution in [3.63, 3.8) is 0 Å². The van der Waals surface area contributed by atoms with Crippen molar-refractivity contribution in [2.75, 3.05) is 5.75 Å². The second kappa shape index (κ2) is 12.8. The number of carbonyl (C=O) groups excluding carboxylic acids is 3. The van der Waals surface area contributed by atoms with Gasteiger partial charge < -0.3 is 4.90 Å². The quantitative estimate of drug-likeness (QED) is 0.165. The van der Waals surface area contributed by atoms with Crippen molar-refractivity contribution in [2.45, 2.75) is 128 Å². The van der Waals surface area contributed by atoms with Crippen LogP contribution in [0.3, 0.4) is 0 Å². The zero-order valence-corrected chi connectivity index (χ0v) is 25.0. The number of unbranched alkanes of at least 4 members (excludes halogenated alkanes) is 6. The van der Waals surface area contributed by atoms with Crippen LogP contribution in [0.2, 0.25) is 0 Å². The molecule has 6 heteroatoms. The summed E-state index contributed by atoms with van der Waals surface area (Å²) in [6, 6.07) is 5.38. The van der Waals surface area contributed by atoms with Crippen LogP contribution in [0.1, 0.15) is 126 Å². The lowest BCUT2D eigenvalue weighted by atomic mass is 9.58. The summed E-state index contributed by atoms with van der Waals surface area (Å²) in [4.78, 5) is 39.7. The van der Waals surface area contributed by atoms with Gasteiger partial charge in [0, 0.05) is 23.4 Å². The highest BCUT2D eigenvalue weighted by molar-refractivity contribution is 7.99. The summed E-state index contributed by atoms with van der Waals surface area (Å²) in [6.45, 7) is 5.52. The van der Waals surface area contributed by atoms with Gasteiger partial charge in [-0.15, -0.1) is 11.8 Å². The summed E-state index contributed by atoms with van der Waals surface area (Å²) >= 11 is 1.84. The lowest BCUT2D eigenvalue weighted by molar-refractivity contribution is -0.136. The SMILES string of the molecule is CC1CC2CC(C1)CC(C)(CCCCCCCCCSc1cccc3c1CN(C1CCC(=O)NC1=O)C3=O)C2. The number of imide groups is 1. The van der Waals surface area contributed by atoms with Crippen molar-refractivity contribution < 1.29 is 14.4 Å². The van der Waals surface area contributed by atoms with Gasteiger partial charge in [-0.2, -0.15) is 0 Å². The molecule has 0 aromatic heterocycles. The minimum absolute atomic E-state index is 0.0862.